The van der Waals surface area contributed by atoms with Crippen LogP contribution in [0.3, 0.4) is 0 Å². The Balaban J connectivity index is 0.00000136. The highest BCUT2D eigenvalue weighted by Gasteiger charge is 2.16. The van der Waals surface area contributed by atoms with E-state index in [4.69, 9.17) is 7.85 Å². The summed E-state index contributed by atoms with van der Waals surface area (Å²) >= 11 is 0. The van der Waals surface area contributed by atoms with E-state index in [1.54, 1.807) is 23.7 Å². The Morgan fingerprint density at radius 2 is 1.90 bits per heavy atom. The van der Waals surface area contributed by atoms with Crippen molar-refractivity contribution in [3.63, 3.8) is 0 Å². The number of rotatable bonds is 4. The first-order valence-electron chi connectivity index (χ1n) is 8.90. The summed E-state index contributed by atoms with van der Waals surface area (Å²) in [5.74, 6) is -0.464. The maximum Gasteiger partial charge on any atom is 0.266 e. The van der Waals surface area contributed by atoms with Gasteiger partial charge in [0.15, 0.2) is 0 Å². The molecule has 8 heteroatoms. The van der Waals surface area contributed by atoms with Crippen LogP contribution in [0.1, 0.15) is 38.8 Å². The molecule has 1 heterocycles. The van der Waals surface area contributed by atoms with Crippen LogP contribution < -0.4 is 16.4 Å². The van der Waals surface area contributed by atoms with Crippen LogP contribution in [-0.4, -0.2) is 24.4 Å². The zero-order valence-corrected chi connectivity index (χ0v) is 16.3. The van der Waals surface area contributed by atoms with Gasteiger partial charge in [-0.2, -0.15) is 4.98 Å². The molecule has 4 nitrogen and oxygen atoms in total. The van der Waals surface area contributed by atoms with Gasteiger partial charge in [-0.1, -0.05) is 57.1 Å². The Hall–Kier alpha value is -2.77. The summed E-state index contributed by atoms with van der Waals surface area (Å²) in [6.45, 7) is 4.00. The average molecular weight is 402 g/mol. The van der Waals surface area contributed by atoms with Crippen LogP contribution in [0, 0.1) is 5.82 Å². The minimum atomic E-state index is -2.87. The number of nitrogens with one attached hydrogen (secondary N) is 1. The summed E-state index contributed by atoms with van der Waals surface area (Å²) in [6, 6.07) is 9.29. The molecule has 3 rings (SSSR count). The van der Waals surface area contributed by atoms with Gasteiger partial charge >= 0.3 is 0 Å². The number of fused-ring (bicyclic) bond motifs is 1. The molecule has 0 spiro atoms. The fourth-order valence-electron chi connectivity index (χ4n) is 2.80. The number of aryl methyl sites for hydroxylation is 1. The van der Waals surface area contributed by atoms with Crippen molar-refractivity contribution >= 4 is 30.0 Å². The third-order valence-corrected chi connectivity index (χ3v) is 4.14. The first-order valence-corrected chi connectivity index (χ1v) is 8.90. The zero-order valence-electron chi connectivity index (χ0n) is 16.3. The van der Waals surface area contributed by atoms with Crippen molar-refractivity contribution in [1.29, 1.82) is 0 Å². The molecular formula is C21H26BF3N4. The molecule has 0 fully saturated rings. The molecule has 2 radical (unpaired) electrons. The second kappa shape index (κ2) is 10.7. The number of anilines is 1. The zero-order chi connectivity index (χ0) is 20.8. The smallest absolute Gasteiger partial charge is 0.266 e. The fourth-order valence-corrected chi connectivity index (χ4v) is 2.80. The molecule has 0 unspecified atom stereocenters. The molecule has 0 amide bonds. The minimum Gasteiger partial charge on any atom is -0.365 e. The van der Waals surface area contributed by atoms with Crippen molar-refractivity contribution < 1.29 is 13.2 Å². The highest BCUT2D eigenvalue weighted by molar-refractivity contribution is 6.33. The largest absolute Gasteiger partial charge is 0.365 e. The van der Waals surface area contributed by atoms with Gasteiger partial charge in [-0.05, 0) is 6.07 Å². The number of halogens is 3. The number of aromatic nitrogens is 2. The summed E-state index contributed by atoms with van der Waals surface area (Å²) in [6.07, 6.45) is -2.87. The lowest BCUT2D eigenvalue weighted by Crippen LogP contribution is -2.24. The molecule has 0 saturated carbocycles. The predicted octanol–water partition coefficient (Wildman–Crippen LogP) is 4.25. The molecule has 1 N–H and O–H groups in total. The number of hydrogen-bond acceptors (Lipinski definition) is 3. The third kappa shape index (κ3) is 5.19. The fraction of sp³-hybridized carbons (Fsp3) is 0.333. The predicted molar refractivity (Wildman–Crippen MR) is 114 cm³/mol. The standard InChI is InChI=1S/C18H16BF3N4.C2H6.CH4/c1-23-18-25-17(13-8-11(19)6-7-14(13)26(18)2)24-9-10-4-3-5-12(15(10)20)16(21)22;1-2;/h3-8,16H,9H2,1-2H3,(H,23,24,25);1-2H3;1H4. The third-order valence-electron chi connectivity index (χ3n) is 4.14. The van der Waals surface area contributed by atoms with Crippen molar-refractivity contribution in [1.82, 2.24) is 9.55 Å². The van der Waals surface area contributed by atoms with Crippen LogP contribution in [-0.2, 0) is 13.6 Å². The van der Waals surface area contributed by atoms with Crippen LogP contribution in [0.4, 0.5) is 19.0 Å². The van der Waals surface area contributed by atoms with Crippen molar-refractivity contribution in [2.75, 3.05) is 12.4 Å². The van der Waals surface area contributed by atoms with E-state index in [1.165, 1.54) is 12.1 Å². The molecule has 0 bridgehead atoms. The van der Waals surface area contributed by atoms with E-state index in [0.29, 0.717) is 16.9 Å². The van der Waals surface area contributed by atoms with Crippen LogP contribution in [0.25, 0.3) is 10.9 Å². The van der Waals surface area contributed by atoms with Gasteiger partial charge in [-0.3, -0.25) is 4.99 Å². The van der Waals surface area contributed by atoms with Crippen molar-refractivity contribution in [2.24, 2.45) is 12.0 Å². The maximum atomic E-state index is 14.2. The highest BCUT2D eigenvalue weighted by Crippen LogP contribution is 2.25. The molecule has 0 aliphatic carbocycles. The molecule has 0 aliphatic heterocycles. The molecular weight excluding hydrogens is 376 g/mol. The molecule has 0 saturated heterocycles. The second-order valence-corrected chi connectivity index (χ2v) is 5.79. The number of nitrogens with zero attached hydrogens (tertiary/aromatic N) is 3. The average Bonchev–Trinajstić information content (AvgIpc) is 2.69. The van der Waals surface area contributed by atoms with Crippen molar-refractivity contribution in [2.45, 2.75) is 34.2 Å². The van der Waals surface area contributed by atoms with Crippen LogP contribution >= 0.6 is 0 Å². The molecule has 29 heavy (non-hydrogen) atoms. The lowest BCUT2D eigenvalue weighted by molar-refractivity contribution is 0.146. The van der Waals surface area contributed by atoms with Crippen LogP contribution in [0.5, 0.6) is 0 Å². The molecule has 0 aliphatic rings. The maximum absolute atomic E-state index is 14.2. The lowest BCUT2D eigenvalue weighted by atomic mass is 9.95. The van der Waals surface area contributed by atoms with Crippen LogP contribution in [0.2, 0.25) is 0 Å². The van der Waals surface area contributed by atoms with Gasteiger partial charge < -0.3 is 9.88 Å². The van der Waals surface area contributed by atoms with Gasteiger partial charge in [0.25, 0.3) is 6.43 Å². The summed E-state index contributed by atoms with van der Waals surface area (Å²) in [4.78, 5) is 8.54. The van der Waals surface area contributed by atoms with E-state index in [0.717, 1.165) is 17.0 Å². The number of benzene rings is 2. The first kappa shape index (κ1) is 24.3. The minimum absolute atomic E-state index is 0. The Bertz CT molecular complexity index is 1030. The summed E-state index contributed by atoms with van der Waals surface area (Å²) < 4.78 is 41.8. The van der Waals surface area contributed by atoms with E-state index in [-0.39, 0.29) is 19.5 Å². The molecule has 3 aromatic rings. The van der Waals surface area contributed by atoms with E-state index >= 15 is 0 Å². The van der Waals surface area contributed by atoms with E-state index in [1.807, 2.05) is 27.0 Å². The normalized spacial score (nSPS) is 11.1. The van der Waals surface area contributed by atoms with Gasteiger partial charge in [0.1, 0.15) is 19.5 Å². The van der Waals surface area contributed by atoms with Gasteiger partial charge in [0.2, 0.25) is 5.62 Å². The first-order chi connectivity index (χ1) is 13.4. The SMILES string of the molecule is C.CC.[B]c1ccc2c(c1)c(NCc1cccc(C(F)F)c1F)nc(=NC)n2C. The topological polar surface area (TPSA) is 42.2 Å². The second-order valence-electron chi connectivity index (χ2n) is 5.79. The monoisotopic (exact) mass is 402 g/mol. The lowest BCUT2D eigenvalue weighted by Gasteiger charge is -2.14. The van der Waals surface area contributed by atoms with E-state index in [9.17, 15) is 13.2 Å². The Morgan fingerprint density at radius 3 is 2.52 bits per heavy atom. The van der Waals surface area contributed by atoms with Crippen LogP contribution in [0.15, 0.2) is 41.4 Å². The van der Waals surface area contributed by atoms with Gasteiger partial charge in [-0.25, -0.2) is 13.2 Å². The van der Waals surface area contributed by atoms with E-state index in [2.05, 4.69) is 15.3 Å². The number of hydrogen-bond donors (Lipinski definition) is 1. The van der Waals surface area contributed by atoms with Gasteiger partial charge in [0.05, 0.1) is 11.1 Å². The molecule has 1 aromatic heterocycles. The summed E-state index contributed by atoms with van der Waals surface area (Å²) in [7, 11) is 9.30. The van der Waals surface area contributed by atoms with Crippen molar-refractivity contribution in [3.8, 4) is 0 Å². The van der Waals surface area contributed by atoms with Gasteiger partial charge in [0, 0.05) is 31.6 Å². The Morgan fingerprint density at radius 1 is 1.21 bits per heavy atom. The highest BCUT2D eigenvalue weighted by atomic mass is 19.3. The number of alkyl halides is 2. The quantitative estimate of drug-likeness (QED) is 0.664. The summed E-state index contributed by atoms with van der Waals surface area (Å²) in [5.41, 5.74) is 1.36. The Labute approximate surface area is 170 Å². The molecule has 154 valence electrons. The molecule has 2 aromatic carbocycles. The van der Waals surface area contributed by atoms with Crippen molar-refractivity contribution in [3.05, 3.63) is 59.0 Å². The summed E-state index contributed by atoms with van der Waals surface area (Å²) in [5, 5.41) is 3.74. The molecule has 0 atom stereocenters. The Kier molecular flexibility index (Phi) is 8.95. The van der Waals surface area contributed by atoms with E-state index < -0.39 is 17.8 Å². The van der Waals surface area contributed by atoms with Gasteiger partial charge in [-0.15, -0.1) is 0 Å².